The molecule has 0 atom stereocenters. The van der Waals surface area contributed by atoms with Crippen LogP contribution in [0.3, 0.4) is 0 Å². The van der Waals surface area contributed by atoms with E-state index in [0.29, 0.717) is 0 Å². The Morgan fingerprint density at radius 3 is 0.333 bits per heavy atom. The third kappa shape index (κ3) is 25.3. The van der Waals surface area contributed by atoms with Gasteiger partial charge in [-0.15, -0.1) is 0 Å². The number of rotatable bonds is 0. The molecule has 0 rings (SSSR count). The summed E-state index contributed by atoms with van der Waals surface area (Å²) in [6, 6.07) is 0. The summed E-state index contributed by atoms with van der Waals surface area (Å²) in [5.41, 5.74) is 0. The van der Waals surface area contributed by atoms with Gasteiger partial charge >= 0.3 is 75.5 Å². The van der Waals surface area contributed by atoms with E-state index >= 15 is 0 Å². The van der Waals surface area contributed by atoms with Crippen LogP contribution in [0, 0.1) is 0 Å². The first-order valence-corrected chi connectivity index (χ1v) is 0. The molecule has 0 aromatic rings. The first kappa shape index (κ1) is 53.9. The molecular weight excluding hydrogens is 222 g/mol. The summed E-state index contributed by atoms with van der Waals surface area (Å²) in [4.78, 5) is 0. The fourth-order valence-corrected chi connectivity index (χ4v) is 0. The van der Waals surface area contributed by atoms with Gasteiger partial charge in [-0.1, -0.05) is 0 Å². The Balaban J connectivity index is 0. The van der Waals surface area contributed by atoms with Crippen molar-refractivity contribution in [1.29, 1.82) is 0 Å². The maximum absolute atomic E-state index is 0. The average molecular weight is 222 g/mol. The van der Waals surface area contributed by atoms with E-state index < -0.39 is 0 Å². The molecule has 0 amide bonds. The van der Waals surface area contributed by atoms with E-state index in [-0.39, 0.29) is 125 Å². The second-order valence-corrected chi connectivity index (χ2v) is 0. The van der Waals surface area contributed by atoms with Gasteiger partial charge in [-0.3, -0.25) is 0 Å². The molecule has 0 N–H and O–H groups in total. The van der Waals surface area contributed by atoms with Crippen molar-refractivity contribution in [2.24, 2.45) is 0 Å². The Morgan fingerprint density at radius 1 is 0.333 bits per heavy atom. The molecule has 0 aromatic carbocycles. The molecule has 0 spiro atoms. The van der Waals surface area contributed by atoms with Crippen LogP contribution in [0.2, 0.25) is 0 Å². The van der Waals surface area contributed by atoms with Gasteiger partial charge in [0.15, 0.2) is 0 Å². The summed E-state index contributed by atoms with van der Waals surface area (Å²) in [6.45, 7) is 0. The molecule has 0 aliphatic heterocycles. The van der Waals surface area contributed by atoms with Gasteiger partial charge in [0.05, 0.1) is 0 Å². The summed E-state index contributed by atoms with van der Waals surface area (Å²) in [5, 5.41) is 0. The van der Waals surface area contributed by atoms with Crippen LogP contribution in [0.5, 0.6) is 0 Å². The standard InChI is InChI=1S/2Ca.4ClH/h;;4*1H/q2*+2;;;;/p-4. The van der Waals surface area contributed by atoms with Crippen LogP contribution in [-0.2, 0) is 0 Å². The van der Waals surface area contributed by atoms with Crippen LogP contribution in [0.15, 0.2) is 0 Å². The minimum atomic E-state index is 0. The van der Waals surface area contributed by atoms with Gasteiger partial charge in [-0.25, -0.2) is 0 Å². The van der Waals surface area contributed by atoms with E-state index in [2.05, 4.69) is 0 Å². The first-order chi connectivity index (χ1) is 0. The van der Waals surface area contributed by atoms with Crippen LogP contribution in [0.25, 0.3) is 0 Å². The molecule has 0 radical (unpaired) electrons. The number of hydrogen-bond acceptors (Lipinski definition) is 0. The Morgan fingerprint density at radius 2 is 0.333 bits per heavy atom. The molecule has 0 aliphatic rings. The predicted octanol–water partition coefficient (Wildman–Crippen LogP) is -12.7. The van der Waals surface area contributed by atoms with Crippen molar-refractivity contribution in [3.63, 3.8) is 0 Å². The Bertz CT molecular complexity index is 5.51. The van der Waals surface area contributed by atoms with E-state index in [1.165, 1.54) is 0 Å². The van der Waals surface area contributed by atoms with Crippen LogP contribution < -0.4 is 49.6 Å². The van der Waals surface area contributed by atoms with Gasteiger partial charge in [-0.05, 0) is 0 Å². The quantitative estimate of drug-likeness (QED) is 0.357. The fraction of sp³-hybridized carbons (Fsp3) is 0. The minimum Gasteiger partial charge on any atom is -1.00 e. The SMILES string of the molecule is [Ca+2].[Ca+2].[Cl-].[Cl-].[Cl-].[Cl-]. The van der Waals surface area contributed by atoms with Crippen molar-refractivity contribution >= 4 is 75.5 Å². The monoisotopic (exact) mass is 220 g/mol. The van der Waals surface area contributed by atoms with Crippen LogP contribution in [-0.4, -0.2) is 75.5 Å². The summed E-state index contributed by atoms with van der Waals surface area (Å²) < 4.78 is 0. The van der Waals surface area contributed by atoms with Crippen molar-refractivity contribution in [1.82, 2.24) is 0 Å². The van der Waals surface area contributed by atoms with E-state index in [9.17, 15) is 0 Å². The molecule has 0 unspecified atom stereocenters. The van der Waals surface area contributed by atoms with E-state index in [1.54, 1.807) is 0 Å². The zero-order valence-electron chi connectivity index (χ0n) is 2.93. The van der Waals surface area contributed by atoms with Crippen LogP contribution in [0.1, 0.15) is 0 Å². The summed E-state index contributed by atoms with van der Waals surface area (Å²) in [7, 11) is 0. The largest absolute Gasteiger partial charge is 2.00 e. The smallest absolute Gasteiger partial charge is 1.00 e. The van der Waals surface area contributed by atoms with E-state index in [0.717, 1.165) is 0 Å². The predicted molar refractivity (Wildman–Crippen MR) is 11.5 cm³/mol. The maximum Gasteiger partial charge on any atom is 2.00 e. The summed E-state index contributed by atoms with van der Waals surface area (Å²) in [5.74, 6) is 0. The molecule has 32 valence electrons. The van der Waals surface area contributed by atoms with Gasteiger partial charge in [0.1, 0.15) is 0 Å². The molecular formula is Ca2Cl4. The van der Waals surface area contributed by atoms with E-state index in [4.69, 9.17) is 0 Å². The molecule has 0 heterocycles. The van der Waals surface area contributed by atoms with Crippen LogP contribution in [0.4, 0.5) is 0 Å². The normalized spacial score (nSPS) is 0. The van der Waals surface area contributed by atoms with Crippen molar-refractivity contribution in [3.8, 4) is 0 Å². The Hall–Kier alpha value is 3.68. The molecule has 0 fully saturated rings. The zero-order valence-corrected chi connectivity index (χ0v) is 10.4. The van der Waals surface area contributed by atoms with Gasteiger partial charge in [-0.2, -0.15) is 0 Å². The second kappa shape index (κ2) is 37.8. The minimum absolute atomic E-state index is 0. The number of halogens is 4. The Kier molecular flexibility index (Phi) is 339. The average Bonchev–Trinajstić information content (AvgIpc) is 0. The molecule has 0 aliphatic carbocycles. The first-order valence-electron chi connectivity index (χ1n) is 0. The summed E-state index contributed by atoms with van der Waals surface area (Å²) >= 11 is 0. The molecule has 0 aromatic heterocycles. The van der Waals surface area contributed by atoms with Crippen molar-refractivity contribution < 1.29 is 49.6 Å². The molecule has 0 saturated heterocycles. The van der Waals surface area contributed by atoms with Crippen molar-refractivity contribution in [2.75, 3.05) is 0 Å². The van der Waals surface area contributed by atoms with Crippen LogP contribution >= 0.6 is 0 Å². The van der Waals surface area contributed by atoms with Gasteiger partial charge in [0, 0.05) is 0 Å². The second-order valence-electron chi connectivity index (χ2n) is 0. The molecule has 0 nitrogen and oxygen atoms in total. The fourth-order valence-electron chi connectivity index (χ4n) is 0. The molecule has 0 saturated carbocycles. The summed E-state index contributed by atoms with van der Waals surface area (Å²) in [6.07, 6.45) is 0. The van der Waals surface area contributed by atoms with Gasteiger partial charge in [0.25, 0.3) is 0 Å². The number of hydrogen-bond donors (Lipinski definition) is 0. The third-order valence-corrected chi connectivity index (χ3v) is 0. The van der Waals surface area contributed by atoms with Gasteiger partial charge in [0.2, 0.25) is 0 Å². The topological polar surface area (TPSA) is 0 Å². The van der Waals surface area contributed by atoms with Gasteiger partial charge < -0.3 is 49.6 Å². The Labute approximate surface area is 122 Å². The zero-order chi connectivity index (χ0) is 0. The van der Waals surface area contributed by atoms with Crippen molar-refractivity contribution in [3.05, 3.63) is 0 Å². The molecule has 0 bridgehead atoms. The van der Waals surface area contributed by atoms with E-state index in [1.807, 2.05) is 0 Å². The van der Waals surface area contributed by atoms with Crippen molar-refractivity contribution in [2.45, 2.75) is 0 Å². The maximum atomic E-state index is 0. The third-order valence-electron chi connectivity index (χ3n) is 0. The molecule has 6 heteroatoms. The molecule has 6 heavy (non-hydrogen) atoms.